The fraction of sp³-hybridized carbons (Fsp3) is 0.320. The Kier molecular flexibility index (Phi) is 5.72. The van der Waals surface area contributed by atoms with E-state index in [4.69, 9.17) is 9.47 Å². The molecule has 5 nitrogen and oxygen atoms in total. The first-order chi connectivity index (χ1) is 14.9. The average molecular weight is 421 g/mol. The van der Waals surface area contributed by atoms with Crippen LogP contribution in [0.2, 0.25) is 0 Å². The van der Waals surface area contributed by atoms with Crippen LogP contribution in [0, 0.1) is 11.7 Å². The first kappa shape index (κ1) is 21.0. The molecule has 2 aromatic carbocycles. The zero-order valence-electron chi connectivity index (χ0n) is 17.7. The fourth-order valence-corrected chi connectivity index (χ4v) is 4.75. The predicted molar refractivity (Wildman–Crippen MR) is 115 cm³/mol. The smallest absolute Gasteiger partial charge is 0.315 e. The second-order valence-electron chi connectivity index (χ2n) is 7.91. The van der Waals surface area contributed by atoms with Gasteiger partial charge in [-0.05, 0) is 42.7 Å². The third-order valence-corrected chi connectivity index (χ3v) is 6.15. The average Bonchev–Trinajstić information content (AvgIpc) is 2.78. The second kappa shape index (κ2) is 8.46. The molecule has 0 saturated carbocycles. The molecule has 2 aromatic rings. The van der Waals surface area contributed by atoms with E-state index in [2.05, 4.69) is 4.99 Å². The molecule has 3 atom stereocenters. The maximum absolute atomic E-state index is 13.6. The van der Waals surface area contributed by atoms with Gasteiger partial charge in [0.15, 0.2) is 5.78 Å². The van der Waals surface area contributed by atoms with E-state index in [1.165, 1.54) is 19.2 Å². The number of para-hydroxylation sites is 1. The molecule has 0 bridgehead atoms. The Hall–Kier alpha value is -3.28. The third kappa shape index (κ3) is 3.78. The minimum Gasteiger partial charge on any atom is -0.496 e. The summed E-state index contributed by atoms with van der Waals surface area (Å²) in [6.45, 7) is 1.78. The van der Waals surface area contributed by atoms with Gasteiger partial charge in [0.2, 0.25) is 0 Å². The van der Waals surface area contributed by atoms with E-state index in [0.717, 1.165) is 11.3 Å². The number of hydrogen-bond donors (Lipinski definition) is 0. The van der Waals surface area contributed by atoms with Gasteiger partial charge in [-0.3, -0.25) is 14.6 Å². The van der Waals surface area contributed by atoms with Crippen LogP contribution in [-0.4, -0.2) is 31.7 Å². The lowest BCUT2D eigenvalue weighted by Crippen LogP contribution is -2.37. The lowest BCUT2D eigenvalue weighted by molar-refractivity contribution is -0.143. The Morgan fingerprint density at radius 1 is 1.06 bits per heavy atom. The molecule has 160 valence electrons. The number of halogens is 1. The highest BCUT2D eigenvalue weighted by atomic mass is 19.1. The second-order valence-corrected chi connectivity index (χ2v) is 7.91. The standard InChI is InChI=1S/C25H24FNO4/c1-14-22(25(29)31-3)23(15-8-10-17(26)11-9-15)24-19(27-14)12-16(13-20(24)28)18-6-4-5-7-21(18)30-2/h4-11,16,22-23H,12-13H2,1-3H3/t16-,22?,23+/m0/s1. The number of carbonyl (C=O) groups excluding carboxylic acids is 2. The zero-order valence-corrected chi connectivity index (χ0v) is 17.7. The van der Waals surface area contributed by atoms with Gasteiger partial charge in [0.1, 0.15) is 17.5 Å². The highest BCUT2D eigenvalue weighted by Crippen LogP contribution is 2.47. The molecule has 0 aromatic heterocycles. The maximum Gasteiger partial charge on any atom is 0.315 e. The van der Waals surface area contributed by atoms with Crippen LogP contribution in [0.3, 0.4) is 0 Å². The van der Waals surface area contributed by atoms with Crippen molar-refractivity contribution in [2.24, 2.45) is 10.9 Å². The Balaban J connectivity index is 1.81. The van der Waals surface area contributed by atoms with E-state index >= 15 is 0 Å². The summed E-state index contributed by atoms with van der Waals surface area (Å²) >= 11 is 0. The Bertz CT molecular complexity index is 1090. The van der Waals surface area contributed by atoms with Crippen molar-refractivity contribution in [3.63, 3.8) is 0 Å². The van der Waals surface area contributed by atoms with Crippen LogP contribution in [-0.2, 0) is 14.3 Å². The zero-order chi connectivity index (χ0) is 22.1. The van der Waals surface area contributed by atoms with Gasteiger partial charge in [-0.1, -0.05) is 30.3 Å². The van der Waals surface area contributed by atoms with E-state index in [-0.39, 0.29) is 17.5 Å². The maximum atomic E-state index is 13.6. The number of methoxy groups -OCH3 is 2. The van der Waals surface area contributed by atoms with Crippen molar-refractivity contribution in [3.8, 4) is 5.75 Å². The fourth-order valence-electron chi connectivity index (χ4n) is 4.75. The summed E-state index contributed by atoms with van der Waals surface area (Å²) in [7, 11) is 2.93. The summed E-state index contributed by atoms with van der Waals surface area (Å²) in [6, 6.07) is 13.6. The molecule has 0 spiro atoms. The lowest BCUT2D eigenvalue weighted by Gasteiger charge is -2.36. The Morgan fingerprint density at radius 2 is 1.77 bits per heavy atom. The minimum atomic E-state index is -0.721. The van der Waals surface area contributed by atoms with Crippen molar-refractivity contribution in [1.29, 1.82) is 0 Å². The summed E-state index contributed by atoms with van der Waals surface area (Å²) < 4.78 is 24.1. The van der Waals surface area contributed by atoms with Crippen LogP contribution in [0.4, 0.5) is 4.39 Å². The van der Waals surface area contributed by atoms with E-state index in [9.17, 15) is 14.0 Å². The van der Waals surface area contributed by atoms with E-state index < -0.39 is 17.8 Å². The summed E-state index contributed by atoms with van der Waals surface area (Å²) in [5.41, 5.74) is 3.46. The number of ketones is 1. The van der Waals surface area contributed by atoms with Gasteiger partial charge in [-0.25, -0.2) is 4.39 Å². The summed E-state index contributed by atoms with van der Waals surface area (Å²) in [5, 5.41) is 0. The summed E-state index contributed by atoms with van der Waals surface area (Å²) in [5.74, 6) is -1.49. The Morgan fingerprint density at radius 3 is 2.45 bits per heavy atom. The molecule has 2 aliphatic rings. The molecule has 31 heavy (non-hydrogen) atoms. The normalized spacial score (nSPS) is 23.2. The molecule has 0 amide bonds. The third-order valence-electron chi connectivity index (χ3n) is 6.15. The number of aliphatic imine (C=N–C) groups is 1. The number of hydrogen-bond acceptors (Lipinski definition) is 5. The van der Waals surface area contributed by atoms with Gasteiger partial charge >= 0.3 is 5.97 Å². The number of nitrogens with zero attached hydrogens (tertiary/aromatic N) is 1. The molecule has 0 saturated heterocycles. The molecular weight excluding hydrogens is 397 g/mol. The highest BCUT2D eigenvalue weighted by Gasteiger charge is 2.44. The van der Waals surface area contributed by atoms with E-state index in [1.807, 2.05) is 24.3 Å². The molecule has 0 N–H and O–H groups in total. The van der Waals surface area contributed by atoms with Gasteiger partial charge in [-0.15, -0.1) is 0 Å². The van der Waals surface area contributed by atoms with Crippen molar-refractivity contribution in [1.82, 2.24) is 0 Å². The number of benzene rings is 2. The molecule has 0 fully saturated rings. The molecule has 4 rings (SSSR count). The lowest BCUT2D eigenvalue weighted by atomic mass is 9.69. The number of ether oxygens (including phenoxy) is 2. The summed E-state index contributed by atoms with van der Waals surface area (Å²) in [6.07, 6.45) is 0.851. The van der Waals surface area contributed by atoms with E-state index in [1.54, 1.807) is 26.2 Å². The van der Waals surface area contributed by atoms with Crippen LogP contribution in [0.25, 0.3) is 0 Å². The van der Waals surface area contributed by atoms with Gasteiger partial charge in [-0.2, -0.15) is 0 Å². The van der Waals surface area contributed by atoms with Crippen molar-refractivity contribution in [2.45, 2.75) is 31.6 Å². The monoisotopic (exact) mass is 421 g/mol. The van der Waals surface area contributed by atoms with Gasteiger partial charge in [0, 0.05) is 35.2 Å². The van der Waals surface area contributed by atoms with Crippen LogP contribution in [0.15, 0.2) is 64.8 Å². The minimum absolute atomic E-state index is 0.0587. The van der Waals surface area contributed by atoms with Crippen molar-refractivity contribution in [2.75, 3.05) is 14.2 Å². The SMILES string of the molecule is COC(=O)C1C(C)=NC2=C(C(=O)C[C@@H](c3ccccc3OC)C2)[C@@H]1c1ccc(F)cc1. The van der Waals surface area contributed by atoms with Crippen LogP contribution >= 0.6 is 0 Å². The van der Waals surface area contributed by atoms with Crippen LogP contribution in [0.1, 0.15) is 42.7 Å². The first-order valence-corrected chi connectivity index (χ1v) is 10.2. The molecular formula is C25H24FNO4. The molecule has 6 heteroatoms. The summed E-state index contributed by atoms with van der Waals surface area (Å²) in [4.78, 5) is 30.8. The number of rotatable bonds is 4. The topological polar surface area (TPSA) is 65.0 Å². The molecule has 1 aliphatic carbocycles. The predicted octanol–water partition coefficient (Wildman–Crippen LogP) is 4.58. The number of Topliss-reactive ketones (excluding diaryl/α,β-unsaturated/α-hetero) is 1. The van der Waals surface area contributed by atoms with Gasteiger partial charge in [0.05, 0.1) is 14.2 Å². The number of carbonyl (C=O) groups is 2. The number of esters is 1. The highest BCUT2D eigenvalue weighted by molar-refractivity contribution is 6.09. The van der Waals surface area contributed by atoms with Gasteiger partial charge in [0.25, 0.3) is 0 Å². The van der Waals surface area contributed by atoms with Crippen molar-refractivity contribution < 1.29 is 23.5 Å². The van der Waals surface area contributed by atoms with Crippen molar-refractivity contribution >= 4 is 17.5 Å². The van der Waals surface area contributed by atoms with E-state index in [0.29, 0.717) is 35.4 Å². The molecule has 1 heterocycles. The molecule has 1 unspecified atom stereocenters. The van der Waals surface area contributed by atoms with Crippen LogP contribution < -0.4 is 4.74 Å². The van der Waals surface area contributed by atoms with Crippen molar-refractivity contribution in [3.05, 3.63) is 76.7 Å². The number of allylic oxidation sites excluding steroid dienone is 2. The molecule has 1 aliphatic heterocycles. The molecule has 0 radical (unpaired) electrons. The van der Waals surface area contributed by atoms with Gasteiger partial charge < -0.3 is 9.47 Å². The largest absolute Gasteiger partial charge is 0.496 e. The quantitative estimate of drug-likeness (QED) is 0.678. The van der Waals surface area contributed by atoms with Crippen LogP contribution in [0.5, 0.6) is 5.75 Å². The first-order valence-electron chi connectivity index (χ1n) is 10.2. The Labute approximate surface area is 180 Å².